The van der Waals surface area contributed by atoms with E-state index in [1.54, 1.807) is 24.3 Å². The Morgan fingerprint density at radius 1 is 1.43 bits per heavy atom. The predicted octanol–water partition coefficient (Wildman–Crippen LogP) is 0.927. The van der Waals surface area contributed by atoms with Crippen LogP contribution in [0, 0.1) is 21.4 Å². The first-order chi connectivity index (χ1) is 13.4. The number of nitriles is 1. The monoisotopic (exact) mass is 384 g/mol. The molecule has 0 unspecified atom stereocenters. The second kappa shape index (κ2) is 7.79. The van der Waals surface area contributed by atoms with Crippen molar-refractivity contribution >= 4 is 11.6 Å². The van der Waals surface area contributed by atoms with Crippen molar-refractivity contribution in [3.05, 3.63) is 62.6 Å². The normalized spacial score (nSPS) is 14.8. The molecule has 0 bridgehead atoms. The van der Waals surface area contributed by atoms with E-state index in [9.17, 15) is 19.7 Å². The lowest BCUT2D eigenvalue weighted by Crippen LogP contribution is -2.43. The molecule has 2 aromatic rings. The number of carbonyl (C=O) groups is 1. The highest BCUT2D eigenvalue weighted by atomic mass is 16.6. The molecule has 1 aliphatic heterocycles. The molecule has 3 rings (SSSR count). The van der Waals surface area contributed by atoms with Gasteiger partial charge in [0.05, 0.1) is 17.7 Å². The van der Waals surface area contributed by atoms with Crippen LogP contribution in [0.5, 0.6) is 11.5 Å². The summed E-state index contributed by atoms with van der Waals surface area (Å²) in [4.78, 5) is 36.2. The first-order valence-corrected chi connectivity index (χ1v) is 8.30. The van der Waals surface area contributed by atoms with Crippen molar-refractivity contribution in [2.45, 2.75) is 12.6 Å². The molecule has 0 fully saturated rings. The fourth-order valence-electron chi connectivity index (χ4n) is 2.74. The summed E-state index contributed by atoms with van der Waals surface area (Å²) in [7, 11) is 1.53. The maximum absolute atomic E-state index is 12.5. The zero-order valence-electron chi connectivity index (χ0n) is 14.9. The van der Waals surface area contributed by atoms with Crippen molar-refractivity contribution in [2.24, 2.45) is 0 Å². The van der Waals surface area contributed by atoms with E-state index < -0.39 is 40.3 Å². The minimum Gasteiger partial charge on any atom is -0.486 e. The molecule has 0 radical (unpaired) electrons. The van der Waals surface area contributed by atoms with Crippen molar-refractivity contribution in [2.75, 3.05) is 20.2 Å². The second-order valence-electron chi connectivity index (χ2n) is 6.19. The molecule has 0 saturated heterocycles. The van der Waals surface area contributed by atoms with E-state index >= 15 is 0 Å². The van der Waals surface area contributed by atoms with Gasteiger partial charge < -0.3 is 14.4 Å². The molecule has 1 aromatic heterocycles. The molecule has 0 N–H and O–H groups in total. The molecule has 0 aliphatic carbocycles. The van der Waals surface area contributed by atoms with Crippen LogP contribution >= 0.6 is 0 Å². The number of ether oxygens (including phenoxy) is 2. The number of likely N-dealkylation sites (N-methyl/N-ethyl adjacent to an activating group) is 1. The van der Waals surface area contributed by atoms with Crippen molar-refractivity contribution in [3.8, 4) is 17.6 Å². The number of benzene rings is 1. The Morgan fingerprint density at radius 3 is 2.82 bits per heavy atom. The van der Waals surface area contributed by atoms with Crippen LogP contribution in [0.4, 0.5) is 5.69 Å². The maximum atomic E-state index is 12.5. The Balaban J connectivity index is 1.70. The quantitative estimate of drug-likeness (QED) is 0.554. The van der Waals surface area contributed by atoms with Gasteiger partial charge in [-0.15, -0.1) is 0 Å². The smallest absolute Gasteiger partial charge is 0.287 e. The van der Waals surface area contributed by atoms with Crippen LogP contribution < -0.4 is 15.0 Å². The number of aromatic nitrogens is 1. The lowest BCUT2D eigenvalue weighted by molar-refractivity contribution is -0.385. The Labute approximate surface area is 159 Å². The third kappa shape index (κ3) is 3.93. The maximum Gasteiger partial charge on any atom is 0.287 e. The number of fused-ring (bicyclic) bond motifs is 1. The van der Waals surface area contributed by atoms with Gasteiger partial charge in [-0.25, -0.2) is 0 Å². The van der Waals surface area contributed by atoms with Gasteiger partial charge in [-0.2, -0.15) is 5.26 Å². The van der Waals surface area contributed by atoms with Gasteiger partial charge in [0.1, 0.15) is 24.8 Å². The largest absolute Gasteiger partial charge is 0.486 e. The number of amides is 1. The van der Waals surface area contributed by atoms with Crippen LogP contribution in [0.3, 0.4) is 0 Å². The van der Waals surface area contributed by atoms with E-state index in [-0.39, 0.29) is 13.2 Å². The summed E-state index contributed by atoms with van der Waals surface area (Å²) >= 11 is 0. The lowest BCUT2D eigenvalue weighted by Gasteiger charge is -2.29. The van der Waals surface area contributed by atoms with Crippen molar-refractivity contribution in [1.82, 2.24) is 9.47 Å². The summed E-state index contributed by atoms with van der Waals surface area (Å²) in [6.07, 6.45) is 0.547. The summed E-state index contributed by atoms with van der Waals surface area (Å²) in [6.45, 7) is 0.0157. The summed E-state index contributed by atoms with van der Waals surface area (Å²) in [5, 5.41) is 19.9. The summed E-state index contributed by atoms with van der Waals surface area (Å²) in [5.74, 6) is 0.738. The SMILES string of the molecule is CN(C[C@@H]1COc2ccccc2O1)C(=O)Cn1cc([N+](=O)[O-])cc(C#N)c1=O. The van der Waals surface area contributed by atoms with Crippen LogP contribution in [-0.2, 0) is 11.3 Å². The molecule has 1 aliphatic rings. The zero-order chi connectivity index (χ0) is 20.3. The van der Waals surface area contributed by atoms with Gasteiger partial charge in [0.15, 0.2) is 17.6 Å². The minimum atomic E-state index is -0.763. The number of rotatable bonds is 5. The second-order valence-corrected chi connectivity index (χ2v) is 6.19. The topological polar surface area (TPSA) is 128 Å². The van der Waals surface area contributed by atoms with Gasteiger partial charge >= 0.3 is 0 Å². The Morgan fingerprint density at radius 2 is 2.14 bits per heavy atom. The molecule has 0 spiro atoms. The fourth-order valence-corrected chi connectivity index (χ4v) is 2.74. The van der Waals surface area contributed by atoms with Crippen molar-refractivity contribution in [1.29, 1.82) is 5.26 Å². The van der Waals surface area contributed by atoms with Crippen LogP contribution in [0.1, 0.15) is 5.56 Å². The van der Waals surface area contributed by atoms with E-state index in [1.807, 2.05) is 6.07 Å². The summed E-state index contributed by atoms with van der Waals surface area (Å²) < 4.78 is 12.3. The van der Waals surface area contributed by atoms with E-state index in [2.05, 4.69) is 0 Å². The number of nitro groups is 1. The summed E-state index contributed by atoms with van der Waals surface area (Å²) in [6, 6.07) is 9.67. The van der Waals surface area contributed by atoms with Gasteiger partial charge in [-0.1, -0.05) is 12.1 Å². The van der Waals surface area contributed by atoms with Crippen molar-refractivity contribution < 1.29 is 19.2 Å². The number of nitrogens with zero attached hydrogens (tertiary/aromatic N) is 4. The van der Waals surface area contributed by atoms with Crippen LogP contribution in [-0.4, -0.2) is 46.6 Å². The van der Waals surface area contributed by atoms with Crippen LogP contribution in [0.2, 0.25) is 0 Å². The zero-order valence-corrected chi connectivity index (χ0v) is 14.9. The fraction of sp³-hybridized carbons (Fsp3) is 0.278. The molecule has 10 nitrogen and oxygen atoms in total. The number of hydrogen-bond acceptors (Lipinski definition) is 7. The third-order valence-electron chi connectivity index (χ3n) is 4.18. The molecule has 2 heterocycles. The molecule has 1 amide bonds. The van der Waals surface area contributed by atoms with Gasteiger partial charge in [-0.3, -0.25) is 24.3 Å². The molecule has 28 heavy (non-hydrogen) atoms. The van der Waals surface area contributed by atoms with Crippen LogP contribution in [0.25, 0.3) is 0 Å². The molecule has 10 heteroatoms. The first-order valence-electron chi connectivity index (χ1n) is 8.30. The van der Waals surface area contributed by atoms with E-state index in [0.29, 0.717) is 11.5 Å². The van der Waals surface area contributed by atoms with Gasteiger partial charge in [0, 0.05) is 13.1 Å². The number of hydrogen-bond donors (Lipinski definition) is 0. The minimum absolute atomic E-state index is 0.196. The van der Waals surface area contributed by atoms with E-state index in [4.69, 9.17) is 14.7 Å². The Hall–Kier alpha value is -3.87. The van der Waals surface area contributed by atoms with Crippen molar-refractivity contribution in [3.63, 3.8) is 0 Å². The Bertz CT molecular complexity index is 1030. The lowest BCUT2D eigenvalue weighted by atomic mass is 10.2. The molecular weight excluding hydrogens is 368 g/mol. The average Bonchev–Trinajstić information content (AvgIpc) is 2.69. The summed E-state index contributed by atoms with van der Waals surface area (Å²) in [5.41, 5.74) is -1.60. The number of pyridine rings is 1. The molecule has 1 aromatic carbocycles. The van der Waals surface area contributed by atoms with E-state index in [0.717, 1.165) is 16.8 Å². The van der Waals surface area contributed by atoms with E-state index in [1.165, 1.54) is 11.9 Å². The molecular formula is C18H16N4O6. The molecule has 144 valence electrons. The van der Waals surface area contributed by atoms with Gasteiger partial charge in [-0.05, 0) is 12.1 Å². The highest BCUT2D eigenvalue weighted by molar-refractivity contribution is 5.75. The van der Waals surface area contributed by atoms with Gasteiger partial charge in [0.2, 0.25) is 5.91 Å². The highest BCUT2D eigenvalue weighted by Crippen LogP contribution is 2.30. The third-order valence-corrected chi connectivity index (χ3v) is 4.18. The highest BCUT2D eigenvalue weighted by Gasteiger charge is 2.24. The number of carbonyl (C=O) groups excluding carboxylic acids is 1. The molecule has 0 saturated carbocycles. The Kier molecular flexibility index (Phi) is 5.26. The number of para-hydroxylation sites is 2. The van der Waals surface area contributed by atoms with Gasteiger partial charge in [0.25, 0.3) is 11.2 Å². The standard InChI is InChI=1S/C18H16N4O6/c1-20(9-14-11-27-15-4-2-3-5-16(15)28-14)17(23)10-21-8-13(22(25)26)6-12(7-19)18(21)24/h2-6,8,14H,9-11H2,1H3/t14-/m1/s1. The van der Waals surface area contributed by atoms with Crippen LogP contribution in [0.15, 0.2) is 41.3 Å². The average molecular weight is 384 g/mol. The molecule has 1 atom stereocenters. The predicted molar refractivity (Wildman–Crippen MR) is 96.1 cm³/mol. The first kappa shape index (κ1) is 18.9.